The molecule has 1 saturated heterocycles. The Balaban J connectivity index is 1.72. The zero-order valence-electron chi connectivity index (χ0n) is 20.4. The third kappa shape index (κ3) is 5.29. The molecule has 0 radical (unpaired) electrons. The van der Waals surface area contributed by atoms with Crippen LogP contribution in [0, 0.1) is 6.92 Å². The maximum atomic E-state index is 13.5. The molecule has 0 aliphatic carbocycles. The first-order chi connectivity index (χ1) is 16.5. The normalized spacial score (nSPS) is 14.4. The van der Waals surface area contributed by atoms with Crippen molar-refractivity contribution in [3.63, 3.8) is 0 Å². The van der Waals surface area contributed by atoms with Crippen molar-refractivity contribution >= 4 is 23.3 Å². The molecule has 4 rings (SSSR count). The number of likely N-dealkylation sites (N-methyl/N-ethyl adjacent to an activating group) is 1. The van der Waals surface area contributed by atoms with Gasteiger partial charge in [0.25, 0.3) is 5.91 Å². The third-order valence-electron chi connectivity index (χ3n) is 6.48. The number of rotatable bonds is 8. The summed E-state index contributed by atoms with van der Waals surface area (Å²) in [6.07, 6.45) is 0.878. The summed E-state index contributed by atoms with van der Waals surface area (Å²) in [7, 11) is 0. The number of piperazine rings is 1. The van der Waals surface area contributed by atoms with E-state index in [-0.39, 0.29) is 5.91 Å². The molecular formula is C27H34ClN5O. The van der Waals surface area contributed by atoms with Crippen LogP contribution >= 0.6 is 11.6 Å². The molecule has 2 heterocycles. The smallest absolute Gasteiger partial charge is 0.254 e. The van der Waals surface area contributed by atoms with Crippen LogP contribution < -0.4 is 4.90 Å². The van der Waals surface area contributed by atoms with E-state index in [1.165, 1.54) is 0 Å². The highest BCUT2D eigenvalue weighted by molar-refractivity contribution is 6.30. The molecule has 7 heteroatoms. The summed E-state index contributed by atoms with van der Waals surface area (Å²) in [6, 6.07) is 17.5. The van der Waals surface area contributed by atoms with Gasteiger partial charge in [0.2, 0.25) is 0 Å². The van der Waals surface area contributed by atoms with Crippen molar-refractivity contribution in [2.24, 2.45) is 0 Å². The standard InChI is InChI=1S/C27H34ClN5O/c1-4-14-32(27(34)22-10-9-11-23(28)19-22)20-25-21(3)29-33(24-12-7-6-8-13-24)26(25)31-17-15-30(5-2)16-18-31/h6-13,19H,4-5,14-18,20H2,1-3H3. The fraction of sp³-hybridized carbons (Fsp3) is 0.407. The van der Waals surface area contributed by atoms with Gasteiger partial charge in [0.05, 0.1) is 17.9 Å². The Morgan fingerprint density at radius 3 is 2.41 bits per heavy atom. The van der Waals surface area contributed by atoms with Crippen LogP contribution in [0.15, 0.2) is 54.6 Å². The van der Waals surface area contributed by atoms with Crippen molar-refractivity contribution in [3.05, 3.63) is 76.4 Å². The van der Waals surface area contributed by atoms with E-state index in [9.17, 15) is 4.79 Å². The van der Waals surface area contributed by atoms with E-state index >= 15 is 0 Å². The summed E-state index contributed by atoms with van der Waals surface area (Å²) in [5.74, 6) is 1.09. The van der Waals surface area contributed by atoms with E-state index in [0.29, 0.717) is 23.7 Å². The number of carbonyl (C=O) groups is 1. The molecular weight excluding hydrogens is 446 g/mol. The van der Waals surface area contributed by atoms with Gasteiger partial charge in [-0.05, 0) is 50.2 Å². The van der Waals surface area contributed by atoms with Crippen LogP contribution in [0.4, 0.5) is 5.82 Å². The molecule has 1 aliphatic heterocycles. The largest absolute Gasteiger partial charge is 0.354 e. The van der Waals surface area contributed by atoms with Gasteiger partial charge in [-0.3, -0.25) is 4.79 Å². The highest BCUT2D eigenvalue weighted by Gasteiger charge is 2.27. The highest BCUT2D eigenvalue weighted by atomic mass is 35.5. The summed E-state index contributed by atoms with van der Waals surface area (Å²) in [5.41, 5.74) is 3.72. The number of aryl methyl sites for hydroxylation is 1. The Morgan fingerprint density at radius 2 is 1.76 bits per heavy atom. The van der Waals surface area contributed by atoms with E-state index < -0.39 is 0 Å². The topological polar surface area (TPSA) is 44.6 Å². The Morgan fingerprint density at radius 1 is 1.03 bits per heavy atom. The molecule has 1 aromatic heterocycles. The summed E-state index contributed by atoms with van der Waals surface area (Å²) in [4.78, 5) is 20.3. The minimum atomic E-state index is -0.00189. The van der Waals surface area contributed by atoms with Gasteiger partial charge < -0.3 is 14.7 Å². The van der Waals surface area contributed by atoms with Gasteiger partial charge in [0.15, 0.2) is 0 Å². The number of amides is 1. The monoisotopic (exact) mass is 479 g/mol. The molecule has 0 spiro atoms. The fourth-order valence-electron chi connectivity index (χ4n) is 4.60. The zero-order valence-corrected chi connectivity index (χ0v) is 21.1. The lowest BCUT2D eigenvalue weighted by Gasteiger charge is -2.36. The van der Waals surface area contributed by atoms with Crippen molar-refractivity contribution < 1.29 is 4.79 Å². The van der Waals surface area contributed by atoms with Crippen molar-refractivity contribution in [1.29, 1.82) is 0 Å². The lowest BCUT2D eigenvalue weighted by molar-refractivity contribution is 0.0743. The van der Waals surface area contributed by atoms with Crippen LogP contribution in [0.2, 0.25) is 5.02 Å². The lowest BCUT2D eigenvalue weighted by atomic mass is 10.1. The predicted molar refractivity (Wildman–Crippen MR) is 139 cm³/mol. The first kappa shape index (κ1) is 24.3. The van der Waals surface area contributed by atoms with Gasteiger partial charge in [-0.25, -0.2) is 4.68 Å². The Bertz CT molecular complexity index is 1110. The quantitative estimate of drug-likeness (QED) is 0.454. The van der Waals surface area contributed by atoms with Gasteiger partial charge in [0, 0.05) is 48.9 Å². The molecule has 3 aromatic rings. The molecule has 1 fully saturated rings. The molecule has 0 unspecified atom stereocenters. The molecule has 0 atom stereocenters. The fourth-order valence-corrected chi connectivity index (χ4v) is 4.79. The molecule has 2 aromatic carbocycles. The minimum absolute atomic E-state index is 0.00189. The Kier molecular flexibility index (Phi) is 7.91. The van der Waals surface area contributed by atoms with Crippen molar-refractivity contribution in [2.75, 3.05) is 44.2 Å². The maximum absolute atomic E-state index is 13.5. The summed E-state index contributed by atoms with van der Waals surface area (Å²) in [5, 5.41) is 5.53. The second kappa shape index (κ2) is 11.1. The molecule has 1 aliphatic rings. The lowest BCUT2D eigenvalue weighted by Crippen LogP contribution is -2.47. The molecule has 0 N–H and O–H groups in total. The zero-order chi connectivity index (χ0) is 24.1. The maximum Gasteiger partial charge on any atom is 0.254 e. The van der Waals surface area contributed by atoms with Crippen molar-refractivity contribution in [2.45, 2.75) is 33.7 Å². The second-order valence-corrected chi connectivity index (χ2v) is 9.23. The van der Waals surface area contributed by atoms with Gasteiger partial charge in [-0.15, -0.1) is 0 Å². The van der Waals surface area contributed by atoms with Crippen LogP contribution in [-0.4, -0.2) is 64.8 Å². The van der Waals surface area contributed by atoms with Crippen molar-refractivity contribution in [1.82, 2.24) is 19.6 Å². The number of aromatic nitrogens is 2. The average Bonchev–Trinajstić information content (AvgIpc) is 3.19. The Labute approximate surface area is 207 Å². The molecule has 0 bridgehead atoms. The third-order valence-corrected chi connectivity index (χ3v) is 6.71. The first-order valence-electron chi connectivity index (χ1n) is 12.2. The van der Waals surface area contributed by atoms with Gasteiger partial charge in [-0.2, -0.15) is 5.10 Å². The SMILES string of the molecule is CCCN(Cc1c(C)nn(-c2ccccc2)c1N1CCN(CC)CC1)C(=O)c1cccc(Cl)c1. The van der Waals surface area contributed by atoms with Gasteiger partial charge in [-0.1, -0.05) is 49.7 Å². The van der Waals surface area contributed by atoms with E-state index in [1.54, 1.807) is 12.1 Å². The number of anilines is 1. The van der Waals surface area contributed by atoms with E-state index in [1.807, 2.05) is 35.2 Å². The molecule has 34 heavy (non-hydrogen) atoms. The number of hydrogen-bond acceptors (Lipinski definition) is 4. The average molecular weight is 480 g/mol. The molecule has 0 saturated carbocycles. The minimum Gasteiger partial charge on any atom is -0.354 e. The molecule has 1 amide bonds. The van der Waals surface area contributed by atoms with E-state index in [4.69, 9.17) is 16.7 Å². The van der Waals surface area contributed by atoms with Crippen LogP contribution in [0.3, 0.4) is 0 Å². The van der Waals surface area contributed by atoms with Crippen LogP contribution in [-0.2, 0) is 6.54 Å². The summed E-state index contributed by atoms with van der Waals surface area (Å²) < 4.78 is 2.06. The van der Waals surface area contributed by atoms with Crippen molar-refractivity contribution in [3.8, 4) is 5.69 Å². The first-order valence-corrected chi connectivity index (χ1v) is 12.6. The van der Waals surface area contributed by atoms with E-state index in [0.717, 1.165) is 61.9 Å². The number of para-hydroxylation sites is 1. The predicted octanol–water partition coefficient (Wildman–Crippen LogP) is 5.03. The second-order valence-electron chi connectivity index (χ2n) is 8.79. The van der Waals surface area contributed by atoms with Gasteiger partial charge >= 0.3 is 0 Å². The van der Waals surface area contributed by atoms with Crippen LogP contribution in [0.5, 0.6) is 0 Å². The molecule has 6 nitrogen and oxygen atoms in total. The van der Waals surface area contributed by atoms with Crippen LogP contribution in [0.1, 0.15) is 41.9 Å². The summed E-state index contributed by atoms with van der Waals surface area (Å²) in [6.45, 7) is 12.5. The number of benzene rings is 2. The van der Waals surface area contributed by atoms with Crippen LogP contribution in [0.25, 0.3) is 5.69 Å². The highest BCUT2D eigenvalue weighted by Crippen LogP contribution is 2.30. The summed E-state index contributed by atoms with van der Waals surface area (Å²) >= 11 is 6.18. The number of carbonyl (C=O) groups excluding carboxylic acids is 1. The van der Waals surface area contributed by atoms with Gasteiger partial charge in [0.1, 0.15) is 5.82 Å². The Hall–Kier alpha value is -2.83. The number of halogens is 1. The number of nitrogens with zero attached hydrogens (tertiary/aromatic N) is 5. The van der Waals surface area contributed by atoms with E-state index in [2.05, 4.69) is 47.4 Å². The molecule has 180 valence electrons. The number of hydrogen-bond donors (Lipinski definition) is 0.